The summed E-state index contributed by atoms with van der Waals surface area (Å²) in [6.45, 7) is 2.30. The number of hydrogen-bond acceptors (Lipinski definition) is 4. The molecule has 1 aromatic heterocycles. The van der Waals surface area contributed by atoms with Crippen molar-refractivity contribution in [3.05, 3.63) is 23.0 Å². The number of ether oxygens (including phenoxy) is 1. The molecule has 1 fully saturated rings. The highest BCUT2D eigenvalue weighted by Gasteiger charge is 2.20. The zero-order chi connectivity index (χ0) is 13.0. The molecule has 1 saturated heterocycles. The maximum atomic E-state index is 12.1. The second kappa shape index (κ2) is 6.11. The number of halogens is 1. The molecule has 0 radical (unpaired) electrons. The molecule has 0 aliphatic carbocycles. The molecule has 98 valence electrons. The summed E-state index contributed by atoms with van der Waals surface area (Å²) in [5.41, 5.74) is 0.328. The Morgan fingerprint density at radius 3 is 2.78 bits per heavy atom. The van der Waals surface area contributed by atoms with Crippen molar-refractivity contribution in [1.82, 2.24) is 15.1 Å². The van der Waals surface area contributed by atoms with Crippen LogP contribution in [0, 0.1) is 5.92 Å². The average Bonchev–Trinajstić information content (AvgIpc) is 2.40. The van der Waals surface area contributed by atoms with Gasteiger partial charge < -0.3 is 9.64 Å². The first-order valence-corrected chi connectivity index (χ1v) is 6.37. The van der Waals surface area contributed by atoms with Gasteiger partial charge in [-0.3, -0.25) is 4.79 Å². The lowest BCUT2D eigenvalue weighted by Crippen LogP contribution is -2.34. The van der Waals surface area contributed by atoms with Crippen LogP contribution in [0.1, 0.15) is 23.3 Å². The van der Waals surface area contributed by atoms with Gasteiger partial charge in [-0.15, -0.1) is 10.2 Å². The summed E-state index contributed by atoms with van der Waals surface area (Å²) < 4.78 is 5.30. The lowest BCUT2D eigenvalue weighted by molar-refractivity contribution is 0.0494. The highest BCUT2D eigenvalue weighted by atomic mass is 35.5. The number of rotatable bonds is 3. The van der Waals surface area contributed by atoms with E-state index in [9.17, 15) is 4.79 Å². The third-order valence-corrected chi connectivity index (χ3v) is 3.27. The Labute approximate surface area is 111 Å². The zero-order valence-electron chi connectivity index (χ0n) is 10.3. The molecule has 0 N–H and O–H groups in total. The van der Waals surface area contributed by atoms with Gasteiger partial charge in [-0.1, -0.05) is 11.6 Å². The summed E-state index contributed by atoms with van der Waals surface area (Å²) in [5.74, 6) is 0.388. The van der Waals surface area contributed by atoms with Gasteiger partial charge in [0.1, 0.15) is 0 Å². The molecule has 0 atom stereocenters. The molecule has 5 nitrogen and oxygen atoms in total. The molecule has 1 aliphatic heterocycles. The van der Waals surface area contributed by atoms with Crippen LogP contribution in [0.2, 0.25) is 5.15 Å². The lowest BCUT2D eigenvalue weighted by Gasteiger charge is -2.26. The summed E-state index contributed by atoms with van der Waals surface area (Å²) in [7, 11) is 1.79. The summed E-state index contributed by atoms with van der Waals surface area (Å²) >= 11 is 5.64. The van der Waals surface area contributed by atoms with Crippen LogP contribution in [-0.4, -0.2) is 47.8 Å². The summed E-state index contributed by atoms with van der Waals surface area (Å²) in [5, 5.41) is 7.76. The minimum Gasteiger partial charge on any atom is -0.381 e. The number of carbonyl (C=O) groups is 1. The fourth-order valence-electron chi connectivity index (χ4n) is 2.02. The van der Waals surface area contributed by atoms with Gasteiger partial charge in [0.15, 0.2) is 10.8 Å². The number of amides is 1. The maximum absolute atomic E-state index is 12.1. The van der Waals surface area contributed by atoms with E-state index in [-0.39, 0.29) is 5.91 Å². The monoisotopic (exact) mass is 269 g/mol. The standard InChI is InChI=1S/C12H16ClN3O2/c1-16(8-9-4-6-18-7-5-9)12(17)10-2-3-11(13)15-14-10/h2-3,9H,4-8H2,1H3. The average molecular weight is 270 g/mol. The summed E-state index contributed by atoms with van der Waals surface area (Å²) in [6.07, 6.45) is 2.01. The molecule has 2 rings (SSSR count). The van der Waals surface area contributed by atoms with Crippen LogP contribution in [-0.2, 0) is 4.74 Å². The first-order valence-electron chi connectivity index (χ1n) is 5.99. The third kappa shape index (κ3) is 3.40. The predicted molar refractivity (Wildman–Crippen MR) is 67.5 cm³/mol. The second-order valence-electron chi connectivity index (χ2n) is 4.48. The predicted octanol–water partition coefficient (Wildman–Crippen LogP) is 1.63. The molecule has 6 heteroatoms. The van der Waals surface area contributed by atoms with E-state index in [0.717, 1.165) is 32.6 Å². The van der Waals surface area contributed by atoms with Crippen molar-refractivity contribution < 1.29 is 9.53 Å². The summed E-state index contributed by atoms with van der Waals surface area (Å²) in [4.78, 5) is 13.8. The fourth-order valence-corrected chi connectivity index (χ4v) is 2.13. The highest BCUT2D eigenvalue weighted by molar-refractivity contribution is 6.29. The van der Waals surface area contributed by atoms with Gasteiger partial charge in [0.25, 0.3) is 5.91 Å². The van der Waals surface area contributed by atoms with Gasteiger partial charge in [0.05, 0.1) is 0 Å². The number of carbonyl (C=O) groups excluding carboxylic acids is 1. The SMILES string of the molecule is CN(CC1CCOCC1)C(=O)c1ccc(Cl)nn1. The van der Waals surface area contributed by atoms with Crippen molar-refractivity contribution in [3.8, 4) is 0 Å². The molecule has 0 bridgehead atoms. The quantitative estimate of drug-likeness (QED) is 0.837. The van der Waals surface area contributed by atoms with E-state index in [0.29, 0.717) is 16.8 Å². The van der Waals surface area contributed by atoms with Crippen LogP contribution in [0.4, 0.5) is 0 Å². The van der Waals surface area contributed by atoms with E-state index in [2.05, 4.69) is 10.2 Å². The first kappa shape index (κ1) is 13.2. The molecule has 0 unspecified atom stereocenters. The molecule has 0 saturated carbocycles. The Morgan fingerprint density at radius 2 is 2.17 bits per heavy atom. The van der Waals surface area contributed by atoms with E-state index in [1.165, 1.54) is 0 Å². The smallest absolute Gasteiger partial charge is 0.274 e. The van der Waals surface area contributed by atoms with Gasteiger partial charge in [-0.05, 0) is 30.9 Å². The van der Waals surface area contributed by atoms with Crippen LogP contribution < -0.4 is 0 Å². The van der Waals surface area contributed by atoms with E-state index in [1.54, 1.807) is 24.1 Å². The Hall–Kier alpha value is -1.20. The normalized spacial score (nSPS) is 16.6. The largest absolute Gasteiger partial charge is 0.381 e. The molecule has 18 heavy (non-hydrogen) atoms. The Bertz CT molecular complexity index is 404. The van der Waals surface area contributed by atoms with E-state index < -0.39 is 0 Å². The topological polar surface area (TPSA) is 55.3 Å². The molecule has 1 aliphatic rings. The van der Waals surface area contributed by atoms with Crippen LogP contribution in [0.5, 0.6) is 0 Å². The Morgan fingerprint density at radius 1 is 1.44 bits per heavy atom. The summed E-state index contributed by atoms with van der Waals surface area (Å²) in [6, 6.07) is 3.17. The Kier molecular flexibility index (Phi) is 4.49. The second-order valence-corrected chi connectivity index (χ2v) is 4.87. The maximum Gasteiger partial charge on any atom is 0.274 e. The van der Waals surface area contributed by atoms with Crippen molar-refractivity contribution >= 4 is 17.5 Å². The van der Waals surface area contributed by atoms with Crippen LogP contribution in [0.3, 0.4) is 0 Å². The number of hydrogen-bond donors (Lipinski definition) is 0. The van der Waals surface area contributed by atoms with Gasteiger partial charge in [-0.2, -0.15) is 0 Å². The number of aromatic nitrogens is 2. The molecular formula is C12H16ClN3O2. The molecule has 2 heterocycles. The van der Waals surface area contributed by atoms with Gasteiger partial charge in [0.2, 0.25) is 0 Å². The zero-order valence-corrected chi connectivity index (χ0v) is 11.1. The molecular weight excluding hydrogens is 254 g/mol. The van der Waals surface area contributed by atoms with Crippen molar-refractivity contribution in [2.75, 3.05) is 26.8 Å². The van der Waals surface area contributed by atoms with Gasteiger partial charge in [-0.25, -0.2) is 0 Å². The highest BCUT2D eigenvalue weighted by Crippen LogP contribution is 2.16. The minimum absolute atomic E-state index is 0.120. The van der Waals surface area contributed by atoms with Crippen molar-refractivity contribution in [2.45, 2.75) is 12.8 Å². The third-order valence-electron chi connectivity index (χ3n) is 3.07. The molecule has 0 spiro atoms. The fraction of sp³-hybridized carbons (Fsp3) is 0.583. The van der Waals surface area contributed by atoms with Gasteiger partial charge >= 0.3 is 0 Å². The van der Waals surface area contributed by atoms with Crippen molar-refractivity contribution in [1.29, 1.82) is 0 Å². The van der Waals surface area contributed by atoms with E-state index >= 15 is 0 Å². The Balaban J connectivity index is 1.93. The van der Waals surface area contributed by atoms with Gasteiger partial charge in [0, 0.05) is 26.8 Å². The minimum atomic E-state index is -0.120. The first-order chi connectivity index (χ1) is 8.66. The van der Waals surface area contributed by atoms with Crippen LogP contribution in [0.15, 0.2) is 12.1 Å². The van der Waals surface area contributed by atoms with Crippen LogP contribution in [0.25, 0.3) is 0 Å². The van der Waals surface area contributed by atoms with Crippen molar-refractivity contribution in [2.24, 2.45) is 5.92 Å². The molecule has 0 aromatic carbocycles. The van der Waals surface area contributed by atoms with E-state index in [1.807, 2.05) is 0 Å². The van der Waals surface area contributed by atoms with Crippen molar-refractivity contribution in [3.63, 3.8) is 0 Å². The van der Waals surface area contributed by atoms with Crippen LogP contribution >= 0.6 is 11.6 Å². The lowest BCUT2D eigenvalue weighted by atomic mass is 10.00. The molecule has 1 aromatic rings. The van der Waals surface area contributed by atoms with E-state index in [4.69, 9.17) is 16.3 Å². The molecule has 1 amide bonds. The number of nitrogens with zero attached hydrogens (tertiary/aromatic N) is 3.